The third kappa shape index (κ3) is 8.70. The number of nitrogens with zero attached hydrogens (tertiary/aromatic N) is 1. The number of piperidine rings is 1. The molecular formula is C32H35Cl4N3O4. The summed E-state index contributed by atoms with van der Waals surface area (Å²) in [5.41, 5.74) is 2.38. The van der Waals surface area contributed by atoms with Crippen LogP contribution in [0.4, 0.5) is 0 Å². The van der Waals surface area contributed by atoms with Gasteiger partial charge in [0, 0.05) is 35.8 Å². The second-order valence-electron chi connectivity index (χ2n) is 10.7. The molecule has 2 atom stereocenters. The second-order valence-corrected chi connectivity index (χ2v) is 12.0. The van der Waals surface area contributed by atoms with Gasteiger partial charge in [-0.3, -0.25) is 9.59 Å². The number of carbonyl (C=O) groups is 2. The van der Waals surface area contributed by atoms with Gasteiger partial charge in [-0.25, -0.2) is 0 Å². The van der Waals surface area contributed by atoms with Crippen LogP contribution in [0.1, 0.15) is 40.7 Å². The maximum absolute atomic E-state index is 13.8. The molecule has 1 unspecified atom stereocenters. The Morgan fingerprint density at radius 1 is 0.930 bits per heavy atom. The molecular weight excluding hydrogens is 632 g/mol. The van der Waals surface area contributed by atoms with E-state index in [1.807, 2.05) is 36.1 Å². The van der Waals surface area contributed by atoms with Crippen LogP contribution in [0.3, 0.4) is 0 Å². The average molecular weight is 667 g/mol. The molecule has 1 saturated heterocycles. The summed E-state index contributed by atoms with van der Waals surface area (Å²) in [7, 11) is 0. The zero-order valence-electron chi connectivity index (χ0n) is 23.8. The van der Waals surface area contributed by atoms with Gasteiger partial charge in [0.1, 0.15) is 19.0 Å². The quantitative estimate of drug-likeness (QED) is 0.222. The van der Waals surface area contributed by atoms with Crippen LogP contribution in [-0.2, 0) is 11.3 Å². The first kappa shape index (κ1) is 33.2. The van der Waals surface area contributed by atoms with E-state index >= 15 is 0 Å². The minimum atomic E-state index is -0.357. The first-order valence-electron chi connectivity index (χ1n) is 14.2. The second kappa shape index (κ2) is 15.4. The number of amides is 2. The smallest absolute Gasteiger partial charge is 0.251 e. The zero-order chi connectivity index (χ0) is 29.6. The van der Waals surface area contributed by atoms with E-state index in [-0.39, 0.29) is 55.4 Å². The number of benzene rings is 3. The van der Waals surface area contributed by atoms with E-state index in [1.54, 1.807) is 36.4 Å². The number of carbonyl (C=O) groups excluding carboxylic acids is 2. The van der Waals surface area contributed by atoms with Gasteiger partial charge < -0.3 is 25.0 Å². The van der Waals surface area contributed by atoms with Crippen molar-refractivity contribution in [2.24, 2.45) is 5.92 Å². The molecule has 2 N–H and O–H groups in total. The predicted molar refractivity (Wildman–Crippen MR) is 173 cm³/mol. The monoisotopic (exact) mass is 665 g/mol. The highest BCUT2D eigenvalue weighted by Crippen LogP contribution is 2.34. The maximum Gasteiger partial charge on any atom is 0.251 e. The molecule has 1 aliphatic heterocycles. The van der Waals surface area contributed by atoms with E-state index in [0.717, 1.165) is 30.5 Å². The van der Waals surface area contributed by atoms with Crippen molar-refractivity contribution in [1.82, 2.24) is 15.5 Å². The van der Waals surface area contributed by atoms with Crippen molar-refractivity contribution >= 4 is 59.0 Å². The Morgan fingerprint density at radius 2 is 1.60 bits per heavy atom. The van der Waals surface area contributed by atoms with Crippen LogP contribution in [0.15, 0.2) is 60.7 Å². The number of hydrogen-bond acceptors (Lipinski definition) is 5. The molecule has 5 rings (SSSR count). The van der Waals surface area contributed by atoms with E-state index in [1.165, 1.54) is 0 Å². The van der Waals surface area contributed by atoms with Crippen molar-refractivity contribution < 1.29 is 19.1 Å². The molecule has 43 heavy (non-hydrogen) atoms. The summed E-state index contributed by atoms with van der Waals surface area (Å²) in [4.78, 5) is 28.9. The highest BCUT2D eigenvalue weighted by Gasteiger charge is 2.40. The SMILES string of the molecule is Cc1cc(Cl)c(OCCOc2ccc(C(=O)N[C@H]3CCNCC3C(=O)N(Cc3ccccc3Cl)C3CC3)cc2)c(Cl)c1.Cl. The van der Waals surface area contributed by atoms with Gasteiger partial charge >= 0.3 is 0 Å². The van der Waals surface area contributed by atoms with Gasteiger partial charge in [0.2, 0.25) is 5.91 Å². The molecule has 1 saturated carbocycles. The number of halogens is 4. The molecule has 2 amide bonds. The molecule has 0 aromatic heterocycles. The van der Waals surface area contributed by atoms with Crippen LogP contribution in [-0.4, -0.2) is 55.1 Å². The lowest BCUT2D eigenvalue weighted by atomic mass is 9.91. The van der Waals surface area contributed by atoms with E-state index in [0.29, 0.717) is 51.6 Å². The van der Waals surface area contributed by atoms with E-state index < -0.39 is 0 Å². The Hall–Kier alpha value is -2.68. The Bertz CT molecular complexity index is 1390. The molecule has 3 aromatic rings. The molecule has 0 bridgehead atoms. The number of ether oxygens (including phenoxy) is 2. The summed E-state index contributed by atoms with van der Waals surface area (Å²) in [5, 5.41) is 8.01. The summed E-state index contributed by atoms with van der Waals surface area (Å²) in [6.45, 7) is 4.16. The van der Waals surface area contributed by atoms with Crippen LogP contribution in [0.25, 0.3) is 0 Å². The summed E-state index contributed by atoms with van der Waals surface area (Å²) in [5.74, 6) is 0.504. The van der Waals surface area contributed by atoms with Crippen molar-refractivity contribution in [1.29, 1.82) is 0 Å². The molecule has 0 spiro atoms. The first-order chi connectivity index (χ1) is 20.3. The topological polar surface area (TPSA) is 79.9 Å². The van der Waals surface area contributed by atoms with Gasteiger partial charge in [0.25, 0.3) is 5.91 Å². The van der Waals surface area contributed by atoms with E-state index in [2.05, 4.69) is 10.6 Å². The Balaban J connectivity index is 0.00000423. The molecule has 1 heterocycles. The largest absolute Gasteiger partial charge is 0.490 e. The normalized spacial score (nSPS) is 17.9. The number of rotatable bonds is 11. The van der Waals surface area contributed by atoms with Crippen LogP contribution >= 0.6 is 47.2 Å². The lowest BCUT2D eigenvalue weighted by molar-refractivity contribution is -0.138. The van der Waals surface area contributed by atoms with Crippen molar-refractivity contribution in [3.05, 3.63) is 92.4 Å². The Morgan fingerprint density at radius 3 is 2.28 bits per heavy atom. The zero-order valence-corrected chi connectivity index (χ0v) is 26.9. The van der Waals surface area contributed by atoms with Crippen LogP contribution in [0.5, 0.6) is 11.5 Å². The molecule has 1 aliphatic carbocycles. The van der Waals surface area contributed by atoms with Gasteiger partial charge in [0.15, 0.2) is 5.75 Å². The molecule has 7 nitrogen and oxygen atoms in total. The minimum Gasteiger partial charge on any atom is -0.490 e. The molecule has 3 aromatic carbocycles. The van der Waals surface area contributed by atoms with E-state index in [4.69, 9.17) is 44.3 Å². The lowest BCUT2D eigenvalue weighted by Gasteiger charge is -2.36. The van der Waals surface area contributed by atoms with Crippen LogP contribution in [0.2, 0.25) is 15.1 Å². The van der Waals surface area contributed by atoms with Gasteiger partial charge in [-0.2, -0.15) is 0 Å². The van der Waals surface area contributed by atoms with Gasteiger partial charge in [-0.05, 0) is 86.3 Å². The summed E-state index contributed by atoms with van der Waals surface area (Å²) in [6, 6.07) is 18.1. The Labute approximate surface area is 273 Å². The number of nitrogens with one attached hydrogen (secondary N) is 2. The van der Waals surface area contributed by atoms with Crippen molar-refractivity contribution in [3.8, 4) is 11.5 Å². The number of aryl methyl sites for hydroxylation is 1. The third-order valence-electron chi connectivity index (χ3n) is 7.54. The molecule has 11 heteroatoms. The summed E-state index contributed by atoms with van der Waals surface area (Å²) < 4.78 is 11.5. The van der Waals surface area contributed by atoms with Gasteiger partial charge in [0.05, 0.1) is 16.0 Å². The predicted octanol–water partition coefficient (Wildman–Crippen LogP) is 6.73. The van der Waals surface area contributed by atoms with E-state index in [9.17, 15) is 9.59 Å². The van der Waals surface area contributed by atoms with Gasteiger partial charge in [-0.1, -0.05) is 53.0 Å². The minimum absolute atomic E-state index is 0. The highest BCUT2D eigenvalue weighted by molar-refractivity contribution is 6.37. The first-order valence-corrected chi connectivity index (χ1v) is 15.3. The fourth-order valence-electron chi connectivity index (χ4n) is 5.17. The lowest BCUT2D eigenvalue weighted by Crippen LogP contribution is -2.55. The highest BCUT2D eigenvalue weighted by atomic mass is 35.5. The van der Waals surface area contributed by atoms with Crippen LogP contribution < -0.4 is 20.1 Å². The van der Waals surface area contributed by atoms with Crippen molar-refractivity contribution in [3.63, 3.8) is 0 Å². The number of hydrogen-bond donors (Lipinski definition) is 2. The van der Waals surface area contributed by atoms with Crippen molar-refractivity contribution in [2.45, 2.75) is 44.8 Å². The molecule has 230 valence electrons. The van der Waals surface area contributed by atoms with Crippen LogP contribution in [0, 0.1) is 12.8 Å². The Kier molecular flexibility index (Phi) is 11.9. The average Bonchev–Trinajstić information content (AvgIpc) is 3.81. The molecule has 2 fully saturated rings. The summed E-state index contributed by atoms with van der Waals surface area (Å²) >= 11 is 18.9. The molecule has 0 radical (unpaired) electrons. The maximum atomic E-state index is 13.8. The summed E-state index contributed by atoms with van der Waals surface area (Å²) in [6.07, 6.45) is 2.64. The fourth-order valence-corrected chi connectivity index (χ4v) is 6.07. The van der Waals surface area contributed by atoms with Gasteiger partial charge in [-0.15, -0.1) is 12.4 Å². The van der Waals surface area contributed by atoms with Crippen molar-refractivity contribution in [2.75, 3.05) is 26.3 Å². The molecule has 2 aliphatic rings. The standard InChI is InChI=1S/C32H34Cl3N3O4.ClH/c1-20-16-27(34)30(28(35)17-20)42-15-14-41-24-10-6-21(7-11-24)31(39)37-29-12-13-36-18-25(29)32(40)38(23-8-9-23)19-22-4-2-3-5-26(22)33;/h2-7,10-11,16-17,23,25,29,36H,8-9,12-15,18-19H2,1H3,(H,37,39);1H/t25?,29-;/m0./s1. The fraction of sp³-hybridized carbons (Fsp3) is 0.375. The third-order valence-corrected chi connectivity index (χ3v) is 8.47.